The molecule has 0 fully saturated rings. The van der Waals surface area contributed by atoms with E-state index in [-0.39, 0.29) is 44.5 Å². The standard InChI is InChI=1S/C69H57N3O5/c1-36-41-19-13-31-70-32-14-20-42(62(41)70)37(2)57(36)59-47-17-11-9-15-45(47)58(46-16-10-12-18-48(46)59)38-21-24-43-44-25-23-40(35-54(44)63(73)53(43)33-38)71-64(74)49-26-28-51-61-52(29-27-50(60(49)61)65(71)75)67(77)72(66(51)76)56-34-39(68(3,4)5)22-30-55(56)69(6,7)8/h9-12,15-18,21-30,33-35H,13-14,19-20,31-32H2,1-8H3. The van der Waals surface area contributed by atoms with Crippen molar-refractivity contribution in [3.05, 3.63) is 194 Å². The molecule has 0 spiro atoms. The lowest BCUT2D eigenvalue weighted by atomic mass is 9.78. The molecule has 1 aliphatic carbocycles. The molecule has 9 aromatic rings. The van der Waals surface area contributed by atoms with Crippen LogP contribution in [0.25, 0.3) is 65.7 Å². The maximum Gasteiger partial charge on any atom is 0.265 e. The molecule has 4 aliphatic heterocycles. The smallest absolute Gasteiger partial charge is 0.265 e. The normalized spacial score (nSPS) is 15.8. The van der Waals surface area contributed by atoms with Gasteiger partial charge in [0.05, 0.1) is 11.4 Å². The van der Waals surface area contributed by atoms with E-state index in [0.29, 0.717) is 22.2 Å². The molecule has 0 aromatic heterocycles. The van der Waals surface area contributed by atoms with Crippen LogP contribution < -0.4 is 14.7 Å². The van der Waals surface area contributed by atoms with Gasteiger partial charge >= 0.3 is 0 Å². The number of anilines is 3. The molecule has 0 N–H and O–H groups in total. The molecule has 9 aromatic carbocycles. The molecule has 0 saturated carbocycles. The first-order valence-electron chi connectivity index (χ1n) is 27.1. The Labute approximate surface area is 447 Å². The van der Waals surface area contributed by atoms with Crippen molar-refractivity contribution in [1.82, 2.24) is 0 Å². The third-order valence-electron chi connectivity index (χ3n) is 17.6. The van der Waals surface area contributed by atoms with Gasteiger partial charge in [-0.15, -0.1) is 0 Å². The van der Waals surface area contributed by atoms with Crippen LogP contribution in [0.4, 0.5) is 17.1 Å². The molecule has 0 bridgehead atoms. The lowest BCUT2D eigenvalue weighted by Crippen LogP contribution is -2.44. The van der Waals surface area contributed by atoms with E-state index < -0.39 is 29.0 Å². The molecule has 4 heterocycles. The third-order valence-corrected chi connectivity index (χ3v) is 17.6. The molecule has 8 nitrogen and oxygen atoms in total. The summed E-state index contributed by atoms with van der Waals surface area (Å²) in [5, 5.41) is 5.17. The molecule has 0 saturated heterocycles. The second kappa shape index (κ2) is 16.3. The van der Waals surface area contributed by atoms with Crippen molar-refractivity contribution in [2.45, 2.75) is 91.9 Å². The number of amides is 4. The summed E-state index contributed by atoms with van der Waals surface area (Å²) in [6, 6.07) is 41.1. The summed E-state index contributed by atoms with van der Waals surface area (Å²) in [4.78, 5) is 78.9. The number of carbonyl (C=O) groups excluding carboxylic acids is 5. The topological polar surface area (TPSA) is 95.1 Å². The van der Waals surface area contributed by atoms with Crippen LogP contribution in [-0.2, 0) is 23.7 Å². The molecule has 8 heteroatoms. The summed E-state index contributed by atoms with van der Waals surface area (Å²) in [7, 11) is 0. The monoisotopic (exact) mass is 1010 g/mol. The van der Waals surface area contributed by atoms with E-state index in [4.69, 9.17) is 0 Å². The number of imide groups is 2. The fourth-order valence-corrected chi connectivity index (χ4v) is 13.9. The van der Waals surface area contributed by atoms with Gasteiger partial charge in [-0.2, -0.15) is 0 Å². The van der Waals surface area contributed by atoms with Gasteiger partial charge in [-0.25, -0.2) is 9.80 Å². The number of ketones is 1. The van der Waals surface area contributed by atoms with E-state index >= 15 is 0 Å². The Morgan fingerprint density at radius 2 is 0.896 bits per heavy atom. The van der Waals surface area contributed by atoms with E-state index in [2.05, 4.69) is 121 Å². The van der Waals surface area contributed by atoms with Gasteiger partial charge in [-0.3, -0.25) is 24.0 Å². The van der Waals surface area contributed by atoms with Gasteiger partial charge in [0.1, 0.15) is 0 Å². The molecule has 378 valence electrons. The van der Waals surface area contributed by atoms with Crippen molar-refractivity contribution < 1.29 is 24.0 Å². The van der Waals surface area contributed by atoms with Gasteiger partial charge < -0.3 is 4.90 Å². The van der Waals surface area contributed by atoms with Crippen molar-refractivity contribution in [3.8, 4) is 33.4 Å². The van der Waals surface area contributed by atoms with Gasteiger partial charge in [0.2, 0.25) is 0 Å². The first kappa shape index (κ1) is 47.0. The predicted octanol–water partition coefficient (Wildman–Crippen LogP) is 15.2. The van der Waals surface area contributed by atoms with Gasteiger partial charge in [-0.1, -0.05) is 120 Å². The van der Waals surface area contributed by atoms with Gasteiger partial charge in [-0.05, 0) is 187 Å². The van der Waals surface area contributed by atoms with Gasteiger partial charge in [0.25, 0.3) is 23.6 Å². The summed E-state index contributed by atoms with van der Waals surface area (Å²) in [5.41, 5.74) is 17.1. The average molecular weight is 1010 g/mol. The third kappa shape index (κ3) is 6.54. The Morgan fingerprint density at radius 1 is 0.429 bits per heavy atom. The zero-order valence-corrected chi connectivity index (χ0v) is 44.7. The molecular formula is C69H57N3O5. The number of hydrogen-bond donors (Lipinski definition) is 0. The molecule has 77 heavy (non-hydrogen) atoms. The molecule has 5 aliphatic rings. The minimum absolute atomic E-state index is 0.188. The first-order valence-corrected chi connectivity index (χ1v) is 27.1. The lowest BCUT2D eigenvalue weighted by molar-refractivity contribution is 0.0872. The van der Waals surface area contributed by atoms with Crippen LogP contribution in [0.5, 0.6) is 0 Å². The molecule has 14 rings (SSSR count). The van der Waals surface area contributed by atoms with Crippen molar-refractivity contribution in [2.75, 3.05) is 27.8 Å². The summed E-state index contributed by atoms with van der Waals surface area (Å²) < 4.78 is 0. The molecule has 0 unspecified atom stereocenters. The highest BCUT2D eigenvalue weighted by molar-refractivity contribution is 6.42. The van der Waals surface area contributed by atoms with E-state index in [1.54, 1.807) is 36.4 Å². The van der Waals surface area contributed by atoms with Crippen molar-refractivity contribution in [1.29, 1.82) is 0 Å². The van der Waals surface area contributed by atoms with Crippen LogP contribution in [0.15, 0.2) is 127 Å². The number of rotatable bonds is 4. The molecule has 0 radical (unpaired) electrons. The summed E-state index contributed by atoms with van der Waals surface area (Å²) in [6.45, 7) is 19.4. The van der Waals surface area contributed by atoms with Gasteiger partial charge in [0.15, 0.2) is 5.78 Å². The quantitative estimate of drug-likeness (QED) is 0.129. The Hall–Kier alpha value is -8.49. The van der Waals surface area contributed by atoms with Crippen molar-refractivity contribution in [3.63, 3.8) is 0 Å². The van der Waals surface area contributed by atoms with Crippen LogP contribution in [0.1, 0.15) is 145 Å². The summed E-state index contributed by atoms with van der Waals surface area (Å²) >= 11 is 0. The Balaban J connectivity index is 0.830. The molecule has 0 atom stereocenters. The van der Waals surface area contributed by atoms with E-state index in [1.807, 2.05) is 30.3 Å². The maximum atomic E-state index is 14.9. The Morgan fingerprint density at radius 3 is 1.40 bits per heavy atom. The summed E-state index contributed by atoms with van der Waals surface area (Å²) in [6.07, 6.45) is 4.52. The minimum atomic E-state index is -0.601. The second-order valence-corrected chi connectivity index (χ2v) is 24.0. The summed E-state index contributed by atoms with van der Waals surface area (Å²) in [5.74, 6) is -2.42. The highest BCUT2D eigenvalue weighted by Crippen LogP contribution is 2.52. The highest BCUT2D eigenvalue weighted by Gasteiger charge is 2.43. The van der Waals surface area contributed by atoms with Crippen LogP contribution in [0.2, 0.25) is 0 Å². The number of fused-ring (bicyclic) bond motifs is 5. The van der Waals surface area contributed by atoms with Crippen molar-refractivity contribution in [2.24, 2.45) is 0 Å². The second-order valence-electron chi connectivity index (χ2n) is 24.0. The fourth-order valence-electron chi connectivity index (χ4n) is 13.9. The van der Waals surface area contributed by atoms with Crippen LogP contribution >= 0.6 is 0 Å². The van der Waals surface area contributed by atoms with E-state index in [0.717, 1.165) is 75.0 Å². The highest BCUT2D eigenvalue weighted by atomic mass is 16.2. The minimum Gasteiger partial charge on any atom is -0.371 e. The van der Waals surface area contributed by atoms with E-state index in [1.165, 1.54) is 67.6 Å². The predicted molar refractivity (Wildman–Crippen MR) is 310 cm³/mol. The number of carbonyl (C=O) groups is 5. The maximum absolute atomic E-state index is 14.9. The average Bonchev–Trinajstić information content (AvgIpc) is 3.88. The zero-order chi connectivity index (χ0) is 53.3. The SMILES string of the molecule is Cc1c2c3c(c(C)c1-c1c4ccccc4c(-c4ccc5c(c4)C(=O)c4cc(N6C(=O)c7ccc8c9c(ccc(c79)C6=O)C(=O)N(c6cc(C(C)(C)C)ccc6C(C)(C)C)C8=O)ccc4-5)c4ccccc14)CCCN3CCC2. The molecular weight excluding hydrogens is 951 g/mol. The fraction of sp³-hybridized carbons (Fsp3) is 0.232. The molecule has 4 amide bonds. The lowest BCUT2D eigenvalue weighted by Gasteiger charge is -2.39. The largest absolute Gasteiger partial charge is 0.371 e. The van der Waals surface area contributed by atoms with E-state index in [9.17, 15) is 24.0 Å². The van der Waals surface area contributed by atoms with Crippen LogP contribution in [-0.4, -0.2) is 42.5 Å². The number of hydrogen-bond acceptors (Lipinski definition) is 6. The Bertz CT molecular complexity index is 4110. The van der Waals surface area contributed by atoms with Crippen molar-refractivity contribution >= 4 is 78.8 Å². The Kier molecular flexibility index (Phi) is 9.93. The van der Waals surface area contributed by atoms with Crippen LogP contribution in [0, 0.1) is 13.8 Å². The number of benzene rings is 9. The number of nitrogens with zero attached hydrogens (tertiary/aromatic N) is 3. The first-order chi connectivity index (χ1) is 36.9. The van der Waals surface area contributed by atoms with Crippen LogP contribution in [0.3, 0.4) is 0 Å². The zero-order valence-electron chi connectivity index (χ0n) is 44.7. The van der Waals surface area contributed by atoms with Gasteiger partial charge in [0, 0.05) is 62.9 Å².